The van der Waals surface area contributed by atoms with Gasteiger partial charge in [0.15, 0.2) is 0 Å². The zero-order chi connectivity index (χ0) is 11.3. The first-order chi connectivity index (χ1) is 7.13. The fourth-order valence-electron chi connectivity index (χ4n) is 1.23. The number of halogens is 1. The molecule has 0 atom stereocenters. The topological polar surface area (TPSA) is 37.8 Å². The first-order valence-electron chi connectivity index (χ1n) is 5.38. The third-order valence-electron chi connectivity index (χ3n) is 1.93. The van der Waals surface area contributed by atoms with Crippen molar-refractivity contribution in [1.82, 2.24) is 9.97 Å². The van der Waals surface area contributed by atoms with Crippen molar-refractivity contribution >= 4 is 21.7 Å². The highest BCUT2D eigenvalue weighted by atomic mass is 79.9. The minimum absolute atomic E-state index is 0.588. The summed E-state index contributed by atoms with van der Waals surface area (Å²) >= 11 is 3.44. The second kappa shape index (κ2) is 6.05. The van der Waals surface area contributed by atoms with Crippen LogP contribution < -0.4 is 5.32 Å². The van der Waals surface area contributed by atoms with Gasteiger partial charge in [0, 0.05) is 19.2 Å². The SMILES string of the molecule is CCCNc1nc(CC(C)C)ncc1Br. The van der Waals surface area contributed by atoms with E-state index in [0.717, 1.165) is 35.5 Å². The van der Waals surface area contributed by atoms with Crippen molar-refractivity contribution in [2.24, 2.45) is 5.92 Å². The average Bonchev–Trinajstić information content (AvgIpc) is 2.18. The molecule has 0 aliphatic heterocycles. The maximum Gasteiger partial charge on any atom is 0.144 e. The van der Waals surface area contributed by atoms with Crippen molar-refractivity contribution in [1.29, 1.82) is 0 Å². The maximum atomic E-state index is 4.48. The van der Waals surface area contributed by atoms with E-state index in [-0.39, 0.29) is 0 Å². The lowest BCUT2D eigenvalue weighted by Gasteiger charge is -2.09. The van der Waals surface area contributed by atoms with E-state index in [9.17, 15) is 0 Å². The molecule has 1 aromatic rings. The summed E-state index contributed by atoms with van der Waals surface area (Å²) in [6.45, 7) is 7.42. The third kappa shape index (κ3) is 4.16. The average molecular weight is 272 g/mol. The molecule has 0 unspecified atom stereocenters. The molecule has 1 aromatic heterocycles. The van der Waals surface area contributed by atoms with E-state index >= 15 is 0 Å². The molecule has 0 aliphatic rings. The van der Waals surface area contributed by atoms with Crippen LogP contribution in [0, 0.1) is 5.92 Å². The van der Waals surface area contributed by atoms with Crippen LogP contribution in [-0.4, -0.2) is 16.5 Å². The van der Waals surface area contributed by atoms with E-state index in [2.05, 4.69) is 52.0 Å². The number of aromatic nitrogens is 2. The largest absolute Gasteiger partial charge is 0.369 e. The van der Waals surface area contributed by atoms with Crippen LogP contribution in [0.25, 0.3) is 0 Å². The van der Waals surface area contributed by atoms with Crippen LogP contribution in [0.1, 0.15) is 33.0 Å². The Morgan fingerprint density at radius 2 is 2.20 bits per heavy atom. The highest BCUT2D eigenvalue weighted by Gasteiger charge is 2.05. The third-order valence-corrected chi connectivity index (χ3v) is 2.51. The van der Waals surface area contributed by atoms with Gasteiger partial charge < -0.3 is 5.32 Å². The number of nitrogens with zero attached hydrogens (tertiary/aromatic N) is 2. The van der Waals surface area contributed by atoms with Crippen LogP contribution in [0.5, 0.6) is 0 Å². The first-order valence-corrected chi connectivity index (χ1v) is 6.18. The number of rotatable bonds is 5. The molecule has 0 saturated heterocycles. The molecule has 0 aromatic carbocycles. The predicted molar refractivity (Wildman–Crippen MR) is 67.1 cm³/mol. The lowest BCUT2D eigenvalue weighted by atomic mass is 10.1. The summed E-state index contributed by atoms with van der Waals surface area (Å²) in [6, 6.07) is 0. The van der Waals surface area contributed by atoms with Gasteiger partial charge in [0.2, 0.25) is 0 Å². The van der Waals surface area contributed by atoms with Gasteiger partial charge in [-0.05, 0) is 28.3 Å². The van der Waals surface area contributed by atoms with Gasteiger partial charge in [-0.3, -0.25) is 0 Å². The predicted octanol–water partition coefficient (Wildman–Crippen LogP) is 3.26. The highest BCUT2D eigenvalue weighted by molar-refractivity contribution is 9.10. The second-order valence-electron chi connectivity index (χ2n) is 4.01. The van der Waals surface area contributed by atoms with Gasteiger partial charge in [-0.1, -0.05) is 20.8 Å². The molecular formula is C11H18BrN3. The van der Waals surface area contributed by atoms with E-state index in [1.54, 1.807) is 0 Å². The standard InChI is InChI=1S/C11H18BrN3/c1-4-5-13-11-9(12)7-14-10(15-11)6-8(2)3/h7-8H,4-6H2,1-3H3,(H,13,14,15). The van der Waals surface area contributed by atoms with Crippen molar-refractivity contribution in [2.45, 2.75) is 33.6 Å². The minimum Gasteiger partial charge on any atom is -0.369 e. The van der Waals surface area contributed by atoms with Crippen molar-refractivity contribution in [3.8, 4) is 0 Å². The minimum atomic E-state index is 0.588. The molecule has 0 radical (unpaired) electrons. The van der Waals surface area contributed by atoms with E-state index in [0.29, 0.717) is 5.92 Å². The van der Waals surface area contributed by atoms with Crippen LogP contribution in [0.2, 0.25) is 0 Å². The van der Waals surface area contributed by atoms with Crippen LogP contribution in [0.4, 0.5) is 5.82 Å². The lowest BCUT2D eigenvalue weighted by Crippen LogP contribution is -2.07. The van der Waals surface area contributed by atoms with Crippen molar-refractivity contribution in [3.63, 3.8) is 0 Å². The zero-order valence-electron chi connectivity index (χ0n) is 9.55. The summed E-state index contributed by atoms with van der Waals surface area (Å²) in [5.74, 6) is 2.40. The fourth-order valence-corrected chi connectivity index (χ4v) is 1.57. The molecule has 15 heavy (non-hydrogen) atoms. The second-order valence-corrected chi connectivity index (χ2v) is 4.86. The van der Waals surface area contributed by atoms with Crippen molar-refractivity contribution < 1.29 is 0 Å². The molecule has 1 N–H and O–H groups in total. The number of nitrogens with one attached hydrogen (secondary N) is 1. The molecule has 1 rings (SSSR count). The van der Waals surface area contributed by atoms with Crippen molar-refractivity contribution in [3.05, 3.63) is 16.5 Å². The van der Waals surface area contributed by atoms with Gasteiger partial charge >= 0.3 is 0 Å². The van der Waals surface area contributed by atoms with Gasteiger partial charge in [-0.25, -0.2) is 9.97 Å². The lowest BCUT2D eigenvalue weighted by molar-refractivity contribution is 0.620. The molecule has 4 heteroatoms. The van der Waals surface area contributed by atoms with Gasteiger partial charge in [-0.15, -0.1) is 0 Å². The number of anilines is 1. The Bertz CT molecular complexity index is 313. The molecule has 0 fully saturated rings. The number of hydrogen-bond acceptors (Lipinski definition) is 3. The molecule has 0 spiro atoms. The van der Waals surface area contributed by atoms with E-state index in [1.165, 1.54) is 0 Å². The Kier molecular flexibility index (Phi) is 5.02. The summed E-state index contributed by atoms with van der Waals surface area (Å²) < 4.78 is 0.934. The Morgan fingerprint density at radius 3 is 2.80 bits per heavy atom. The molecule has 0 saturated carbocycles. The summed E-state index contributed by atoms with van der Waals surface area (Å²) in [4.78, 5) is 8.77. The molecular weight excluding hydrogens is 254 g/mol. The van der Waals surface area contributed by atoms with Gasteiger partial charge in [-0.2, -0.15) is 0 Å². The zero-order valence-corrected chi connectivity index (χ0v) is 11.1. The van der Waals surface area contributed by atoms with Gasteiger partial charge in [0.05, 0.1) is 4.47 Å². The molecule has 0 amide bonds. The fraction of sp³-hybridized carbons (Fsp3) is 0.636. The summed E-state index contributed by atoms with van der Waals surface area (Å²) in [5, 5.41) is 3.28. The quantitative estimate of drug-likeness (QED) is 0.894. The summed E-state index contributed by atoms with van der Waals surface area (Å²) in [7, 11) is 0. The Hall–Kier alpha value is -0.640. The first kappa shape index (κ1) is 12.4. The molecule has 0 aliphatic carbocycles. The van der Waals surface area contributed by atoms with Gasteiger partial charge in [0.25, 0.3) is 0 Å². The van der Waals surface area contributed by atoms with Crippen LogP contribution in [0.3, 0.4) is 0 Å². The smallest absolute Gasteiger partial charge is 0.144 e. The number of hydrogen-bond donors (Lipinski definition) is 1. The monoisotopic (exact) mass is 271 g/mol. The van der Waals surface area contributed by atoms with Crippen LogP contribution >= 0.6 is 15.9 Å². The molecule has 3 nitrogen and oxygen atoms in total. The van der Waals surface area contributed by atoms with Crippen LogP contribution in [0.15, 0.2) is 10.7 Å². The Morgan fingerprint density at radius 1 is 1.47 bits per heavy atom. The highest BCUT2D eigenvalue weighted by Crippen LogP contribution is 2.19. The Balaban J connectivity index is 2.75. The van der Waals surface area contributed by atoms with E-state index in [1.807, 2.05) is 6.20 Å². The molecule has 1 heterocycles. The van der Waals surface area contributed by atoms with Crippen LogP contribution in [-0.2, 0) is 6.42 Å². The molecule has 84 valence electrons. The van der Waals surface area contributed by atoms with E-state index in [4.69, 9.17) is 0 Å². The van der Waals surface area contributed by atoms with Gasteiger partial charge in [0.1, 0.15) is 11.6 Å². The van der Waals surface area contributed by atoms with Crippen molar-refractivity contribution in [2.75, 3.05) is 11.9 Å². The summed E-state index contributed by atoms with van der Waals surface area (Å²) in [6.07, 6.45) is 3.84. The Labute approximate surface area is 99.8 Å². The molecule has 0 bridgehead atoms. The normalized spacial score (nSPS) is 10.7. The summed E-state index contributed by atoms with van der Waals surface area (Å²) in [5.41, 5.74) is 0. The van der Waals surface area contributed by atoms with E-state index < -0.39 is 0 Å². The maximum absolute atomic E-state index is 4.48.